The van der Waals surface area contributed by atoms with Gasteiger partial charge in [0.1, 0.15) is 0 Å². The minimum atomic E-state index is 0. The molecule has 7 unspecified atom stereocenters. The van der Waals surface area contributed by atoms with E-state index in [0.29, 0.717) is 0 Å². The van der Waals surface area contributed by atoms with Crippen LogP contribution in [0.3, 0.4) is 0 Å². The standard InChI is InChI=1S/C25H46.CH4/c1-6-20(14-17(2)3)22-15-18(4)19(5)25-23(16-24(22)25)21-12-10-8-7-9-11-13-21;/h17-25H,6-16H2,1-5H3;1H4. The molecule has 0 aliphatic heterocycles. The fraction of sp³-hybridized carbons (Fsp3) is 1.00. The van der Waals surface area contributed by atoms with Gasteiger partial charge in [0.25, 0.3) is 0 Å². The van der Waals surface area contributed by atoms with E-state index in [1.54, 1.807) is 19.3 Å². The predicted octanol–water partition coefficient (Wildman–Crippen LogP) is 8.60. The minimum absolute atomic E-state index is 0. The molecule has 0 aromatic carbocycles. The number of fused-ring (bicyclic) bond motifs is 1. The second kappa shape index (κ2) is 9.97. The van der Waals surface area contributed by atoms with Crippen LogP contribution < -0.4 is 0 Å². The summed E-state index contributed by atoms with van der Waals surface area (Å²) < 4.78 is 0. The van der Waals surface area contributed by atoms with Crippen molar-refractivity contribution in [2.45, 2.75) is 113 Å². The normalized spacial score (nSPS) is 39.9. The Morgan fingerprint density at radius 2 is 1.46 bits per heavy atom. The van der Waals surface area contributed by atoms with Crippen molar-refractivity contribution in [2.75, 3.05) is 0 Å². The number of hydrogen-bond acceptors (Lipinski definition) is 0. The first-order chi connectivity index (χ1) is 12.0. The topological polar surface area (TPSA) is 0 Å². The van der Waals surface area contributed by atoms with Gasteiger partial charge in [-0.25, -0.2) is 0 Å². The number of rotatable bonds is 5. The Kier molecular flexibility index (Phi) is 8.55. The van der Waals surface area contributed by atoms with Crippen LogP contribution >= 0.6 is 0 Å². The van der Waals surface area contributed by atoms with Gasteiger partial charge in [0.05, 0.1) is 0 Å². The highest BCUT2D eigenvalue weighted by atomic mass is 14.6. The molecule has 26 heavy (non-hydrogen) atoms. The molecule has 0 saturated heterocycles. The van der Waals surface area contributed by atoms with Gasteiger partial charge in [-0.1, -0.05) is 93.4 Å². The highest BCUT2D eigenvalue weighted by molar-refractivity contribution is 5.03. The summed E-state index contributed by atoms with van der Waals surface area (Å²) in [6.07, 6.45) is 16.7. The van der Waals surface area contributed by atoms with Crippen molar-refractivity contribution < 1.29 is 0 Å². The highest BCUT2D eigenvalue weighted by Gasteiger charge is 2.54. The summed E-state index contributed by atoms with van der Waals surface area (Å²) in [6.45, 7) is 12.6. The van der Waals surface area contributed by atoms with Crippen molar-refractivity contribution in [2.24, 2.45) is 53.3 Å². The Hall–Kier alpha value is 0. The quantitative estimate of drug-likeness (QED) is 0.459. The average Bonchev–Trinajstić information content (AvgIpc) is 2.51. The van der Waals surface area contributed by atoms with E-state index >= 15 is 0 Å². The molecule has 3 rings (SSSR count). The molecule has 0 amide bonds. The molecule has 154 valence electrons. The summed E-state index contributed by atoms with van der Waals surface area (Å²) in [5.74, 6) is 9.23. The van der Waals surface area contributed by atoms with Crippen LogP contribution in [0.15, 0.2) is 0 Å². The second-order valence-corrected chi connectivity index (χ2v) is 10.8. The third-order valence-corrected chi connectivity index (χ3v) is 8.89. The van der Waals surface area contributed by atoms with Crippen molar-refractivity contribution in [3.05, 3.63) is 0 Å². The molecular formula is C26H50. The maximum absolute atomic E-state index is 2.62. The van der Waals surface area contributed by atoms with Gasteiger partial charge in [-0.3, -0.25) is 0 Å². The molecule has 3 aliphatic rings. The Morgan fingerprint density at radius 3 is 2.04 bits per heavy atom. The van der Waals surface area contributed by atoms with Crippen LogP contribution in [-0.2, 0) is 0 Å². The molecule has 3 saturated carbocycles. The van der Waals surface area contributed by atoms with Crippen LogP contribution in [0.1, 0.15) is 113 Å². The zero-order valence-electron chi connectivity index (χ0n) is 18.0. The average molecular weight is 363 g/mol. The van der Waals surface area contributed by atoms with E-state index < -0.39 is 0 Å². The lowest BCUT2D eigenvalue weighted by Crippen LogP contribution is -2.54. The monoisotopic (exact) mass is 362 g/mol. The molecule has 0 bridgehead atoms. The fourth-order valence-corrected chi connectivity index (χ4v) is 7.40. The van der Waals surface area contributed by atoms with Gasteiger partial charge in [-0.2, -0.15) is 0 Å². The lowest BCUT2D eigenvalue weighted by molar-refractivity contribution is -0.120. The van der Waals surface area contributed by atoms with Gasteiger partial charge in [0, 0.05) is 0 Å². The second-order valence-electron chi connectivity index (χ2n) is 10.8. The smallest absolute Gasteiger partial charge is 0.0323 e. The highest BCUT2D eigenvalue weighted by Crippen LogP contribution is 2.61. The molecule has 0 radical (unpaired) electrons. The van der Waals surface area contributed by atoms with Gasteiger partial charge in [0.2, 0.25) is 0 Å². The molecule has 0 heteroatoms. The maximum atomic E-state index is 2.62. The summed E-state index contributed by atoms with van der Waals surface area (Å²) in [5.41, 5.74) is 0. The van der Waals surface area contributed by atoms with E-state index in [2.05, 4.69) is 34.6 Å². The van der Waals surface area contributed by atoms with Gasteiger partial charge in [-0.15, -0.1) is 0 Å². The first kappa shape index (κ1) is 22.3. The van der Waals surface area contributed by atoms with Crippen LogP contribution in [0.4, 0.5) is 0 Å². The lowest BCUT2D eigenvalue weighted by atomic mass is 9.44. The van der Waals surface area contributed by atoms with Crippen molar-refractivity contribution in [1.29, 1.82) is 0 Å². The first-order valence-electron chi connectivity index (χ1n) is 12.0. The summed E-state index contributed by atoms with van der Waals surface area (Å²) >= 11 is 0. The third kappa shape index (κ3) is 4.70. The SMILES string of the molecule is C.CCC(CC(C)C)C1CC(C)C(C)C2C(C3CCCCCCC3)CC12. The largest absolute Gasteiger partial charge is 0.0776 e. The van der Waals surface area contributed by atoms with E-state index in [-0.39, 0.29) is 7.43 Å². The Balaban J connectivity index is 0.00000243. The first-order valence-corrected chi connectivity index (χ1v) is 12.0. The zero-order chi connectivity index (χ0) is 18.0. The molecule has 0 N–H and O–H groups in total. The van der Waals surface area contributed by atoms with Gasteiger partial charge >= 0.3 is 0 Å². The molecule has 0 spiro atoms. The van der Waals surface area contributed by atoms with Gasteiger partial charge < -0.3 is 0 Å². The maximum Gasteiger partial charge on any atom is -0.0323 e. The van der Waals surface area contributed by atoms with Crippen molar-refractivity contribution in [3.8, 4) is 0 Å². The number of hydrogen-bond donors (Lipinski definition) is 0. The van der Waals surface area contributed by atoms with Crippen LogP contribution in [0.2, 0.25) is 0 Å². The molecule has 3 aliphatic carbocycles. The molecular weight excluding hydrogens is 312 g/mol. The Labute approximate surface area is 166 Å². The van der Waals surface area contributed by atoms with E-state index in [9.17, 15) is 0 Å². The summed E-state index contributed by atoms with van der Waals surface area (Å²) in [5, 5.41) is 0. The van der Waals surface area contributed by atoms with Gasteiger partial charge in [-0.05, 0) is 72.5 Å². The van der Waals surface area contributed by atoms with Gasteiger partial charge in [0.15, 0.2) is 0 Å². The third-order valence-electron chi connectivity index (χ3n) is 8.89. The molecule has 0 heterocycles. The van der Waals surface area contributed by atoms with Crippen LogP contribution in [0.5, 0.6) is 0 Å². The summed E-state index contributed by atoms with van der Waals surface area (Å²) in [4.78, 5) is 0. The van der Waals surface area contributed by atoms with E-state index in [1.807, 2.05) is 0 Å². The lowest BCUT2D eigenvalue weighted by Gasteiger charge is -2.61. The molecule has 7 atom stereocenters. The fourth-order valence-electron chi connectivity index (χ4n) is 7.40. The van der Waals surface area contributed by atoms with Crippen LogP contribution in [-0.4, -0.2) is 0 Å². The summed E-state index contributed by atoms with van der Waals surface area (Å²) in [6, 6.07) is 0. The molecule has 3 fully saturated rings. The Bertz CT molecular complexity index is 389. The van der Waals surface area contributed by atoms with E-state index in [0.717, 1.165) is 53.3 Å². The Morgan fingerprint density at radius 1 is 0.846 bits per heavy atom. The van der Waals surface area contributed by atoms with E-state index in [1.165, 1.54) is 51.4 Å². The van der Waals surface area contributed by atoms with E-state index in [4.69, 9.17) is 0 Å². The summed E-state index contributed by atoms with van der Waals surface area (Å²) in [7, 11) is 0. The zero-order valence-corrected chi connectivity index (χ0v) is 18.0. The molecule has 0 aromatic heterocycles. The van der Waals surface area contributed by atoms with Crippen LogP contribution in [0, 0.1) is 53.3 Å². The van der Waals surface area contributed by atoms with Crippen molar-refractivity contribution in [3.63, 3.8) is 0 Å². The molecule has 0 aromatic rings. The van der Waals surface area contributed by atoms with Crippen LogP contribution in [0.25, 0.3) is 0 Å². The van der Waals surface area contributed by atoms with Crippen molar-refractivity contribution >= 4 is 0 Å². The van der Waals surface area contributed by atoms with Crippen molar-refractivity contribution in [1.82, 2.24) is 0 Å². The predicted molar refractivity (Wildman–Crippen MR) is 117 cm³/mol. The minimum Gasteiger partial charge on any atom is -0.0776 e. The molecule has 0 nitrogen and oxygen atoms in total.